The summed E-state index contributed by atoms with van der Waals surface area (Å²) in [5.74, 6) is 1.16. The molecule has 2 aromatic heterocycles. The molecule has 0 spiro atoms. The van der Waals surface area contributed by atoms with E-state index in [0.717, 1.165) is 5.01 Å². The van der Waals surface area contributed by atoms with Gasteiger partial charge in [0.25, 0.3) is 0 Å². The van der Waals surface area contributed by atoms with Gasteiger partial charge in [0.2, 0.25) is 5.88 Å². The van der Waals surface area contributed by atoms with E-state index in [4.69, 9.17) is 10.5 Å². The molecule has 0 aliphatic carbocycles. The highest BCUT2D eigenvalue weighted by Crippen LogP contribution is 2.29. The topological polar surface area (TPSA) is 73.1 Å². The number of nitrogen functional groups attached to an aromatic ring is 1. The maximum atomic E-state index is 5.93. The van der Waals surface area contributed by atoms with Crippen LogP contribution in [0, 0.1) is 0 Å². The standard InChI is InChI=1S/C15H22N4OS/c1-14(2,3)20-12-10(16)6-7-11(18-12)19-15(4,5)13-17-8-9-21-13/h6-9H,16H2,1-5H3,(H,18,19). The van der Waals surface area contributed by atoms with Crippen molar-refractivity contribution in [3.05, 3.63) is 28.7 Å². The molecule has 114 valence electrons. The van der Waals surface area contributed by atoms with Crippen LogP contribution in [-0.2, 0) is 5.54 Å². The number of aromatic nitrogens is 2. The third-order valence-corrected chi connectivity index (χ3v) is 3.80. The molecule has 0 aromatic carbocycles. The third kappa shape index (κ3) is 4.07. The Kier molecular flexibility index (Phi) is 4.09. The fraction of sp³-hybridized carbons (Fsp3) is 0.467. The number of ether oxygens (including phenoxy) is 1. The Labute approximate surface area is 129 Å². The molecule has 0 bridgehead atoms. The van der Waals surface area contributed by atoms with E-state index in [-0.39, 0.29) is 11.1 Å². The molecule has 0 saturated heterocycles. The number of rotatable bonds is 4. The molecule has 5 nitrogen and oxygen atoms in total. The molecular formula is C15H22N4OS. The second-order valence-corrected chi connectivity index (χ2v) is 7.29. The van der Waals surface area contributed by atoms with Gasteiger partial charge < -0.3 is 15.8 Å². The molecule has 2 rings (SSSR count). The first-order chi connectivity index (χ1) is 9.67. The van der Waals surface area contributed by atoms with Crippen LogP contribution in [-0.4, -0.2) is 15.6 Å². The number of hydrogen-bond acceptors (Lipinski definition) is 6. The van der Waals surface area contributed by atoms with Crippen LogP contribution in [0.4, 0.5) is 11.5 Å². The molecular weight excluding hydrogens is 284 g/mol. The number of thiazole rings is 1. The third-order valence-electron chi connectivity index (χ3n) is 2.70. The molecule has 21 heavy (non-hydrogen) atoms. The maximum Gasteiger partial charge on any atom is 0.239 e. The second kappa shape index (κ2) is 5.52. The zero-order chi connectivity index (χ0) is 15.7. The monoisotopic (exact) mass is 306 g/mol. The number of pyridine rings is 1. The van der Waals surface area contributed by atoms with E-state index in [1.807, 2.05) is 32.2 Å². The second-order valence-electron chi connectivity index (χ2n) is 6.39. The van der Waals surface area contributed by atoms with Gasteiger partial charge in [0.1, 0.15) is 16.4 Å². The smallest absolute Gasteiger partial charge is 0.239 e. The zero-order valence-electron chi connectivity index (χ0n) is 13.1. The van der Waals surface area contributed by atoms with E-state index in [1.165, 1.54) is 0 Å². The van der Waals surface area contributed by atoms with Gasteiger partial charge in [-0.1, -0.05) is 0 Å². The van der Waals surface area contributed by atoms with Crippen LogP contribution < -0.4 is 15.8 Å². The summed E-state index contributed by atoms with van der Waals surface area (Å²) in [6.07, 6.45) is 1.80. The van der Waals surface area contributed by atoms with Gasteiger partial charge >= 0.3 is 0 Å². The Morgan fingerprint density at radius 3 is 2.48 bits per heavy atom. The molecule has 0 unspecified atom stereocenters. The first kappa shape index (κ1) is 15.6. The lowest BCUT2D eigenvalue weighted by molar-refractivity contribution is 0.125. The Morgan fingerprint density at radius 2 is 1.90 bits per heavy atom. The van der Waals surface area contributed by atoms with Crippen LogP contribution in [0.3, 0.4) is 0 Å². The normalized spacial score (nSPS) is 12.2. The average Bonchev–Trinajstić information content (AvgIpc) is 2.85. The van der Waals surface area contributed by atoms with Crippen molar-refractivity contribution in [3.8, 4) is 5.88 Å². The summed E-state index contributed by atoms with van der Waals surface area (Å²) >= 11 is 1.61. The maximum absolute atomic E-state index is 5.93. The Morgan fingerprint density at radius 1 is 1.19 bits per heavy atom. The fourth-order valence-electron chi connectivity index (χ4n) is 1.80. The quantitative estimate of drug-likeness (QED) is 0.902. The predicted octanol–water partition coefficient (Wildman–Crippen LogP) is 3.64. The van der Waals surface area contributed by atoms with Crippen LogP contribution in [0.5, 0.6) is 5.88 Å². The number of nitrogens with one attached hydrogen (secondary N) is 1. The highest BCUT2D eigenvalue weighted by atomic mass is 32.1. The number of nitrogens with two attached hydrogens (primary N) is 1. The van der Waals surface area contributed by atoms with Gasteiger partial charge in [-0.2, -0.15) is 4.98 Å². The SMILES string of the molecule is CC(C)(C)Oc1nc(NC(C)(C)c2nccs2)ccc1N. The lowest BCUT2D eigenvalue weighted by Gasteiger charge is -2.26. The summed E-state index contributed by atoms with van der Waals surface area (Å²) in [5.41, 5.74) is 5.81. The summed E-state index contributed by atoms with van der Waals surface area (Å²) in [4.78, 5) is 8.83. The van der Waals surface area contributed by atoms with Crippen molar-refractivity contribution < 1.29 is 4.74 Å². The van der Waals surface area contributed by atoms with Crippen molar-refractivity contribution in [2.75, 3.05) is 11.1 Å². The molecule has 3 N–H and O–H groups in total. The van der Waals surface area contributed by atoms with Gasteiger partial charge in [0.05, 0.1) is 11.2 Å². The van der Waals surface area contributed by atoms with E-state index in [1.54, 1.807) is 23.6 Å². The van der Waals surface area contributed by atoms with Crippen molar-refractivity contribution in [2.45, 2.75) is 45.8 Å². The van der Waals surface area contributed by atoms with E-state index < -0.39 is 0 Å². The van der Waals surface area contributed by atoms with E-state index in [9.17, 15) is 0 Å². The van der Waals surface area contributed by atoms with Gasteiger partial charge in [-0.3, -0.25) is 0 Å². The molecule has 2 aromatic rings. The van der Waals surface area contributed by atoms with Crippen molar-refractivity contribution in [2.24, 2.45) is 0 Å². The average molecular weight is 306 g/mol. The number of nitrogens with zero attached hydrogens (tertiary/aromatic N) is 2. The van der Waals surface area contributed by atoms with Crippen LogP contribution in [0.15, 0.2) is 23.7 Å². The van der Waals surface area contributed by atoms with Crippen molar-refractivity contribution >= 4 is 22.8 Å². The van der Waals surface area contributed by atoms with Gasteiger partial charge in [-0.05, 0) is 46.8 Å². The highest BCUT2D eigenvalue weighted by molar-refractivity contribution is 7.09. The van der Waals surface area contributed by atoms with Gasteiger partial charge in [-0.25, -0.2) is 4.98 Å². The van der Waals surface area contributed by atoms with Crippen molar-refractivity contribution in [1.82, 2.24) is 9.97 Å². The summed E-state index contributed by atoms with van der Waals surface area (Å²) in [6.45, 7) is 10.0. The molecule has 2 heterocycles. The van der Waals surface area contributed by atoms with E-state index in [2.05, 4.69) is 29.1 Å². The Hall–Kier alpha value is -1.82. The molecule has 0 fully saturated rings. The number of anilines is 2. The minimum absolute atomic E-state index is 0.309. The number of hydrogen-bond donors (Lipinski definition) is 2. The van der Waals surface area contributed by atoms with Gasteiger partial charge in [0.15, 0.2) is 0 Å². The van der Waals surface area contributed by atoms with Crippen LogP contribution in [0.2, 0.25) is 0 Å². The van der Waals surface area contributed by atoms with Gasteiger partial charge in [-0.15, -0.1) is 11.3 Å². The molecule has 0 saturated carbocycles. The summed E-state index contributed by atoms with van der Waals surface area (Å²) in [7, 11) is 0. The van der Waals surface area contributed by atoms with E-state index >= 15 is 0 Å². The molecule has 0 radical (unpaired) electrons. The Balaban J connectivity index is 2.23. The Bertz CT molecular complexity index is 603. The minimum Gasteiger partial charge on any atom is -0.470 e. The molecule has 0 amide bonds. The largest absolute Gasteiger partial charge is 0.470 e. The van der Waals surface area contributed by atoms with Crippen LogP contribution in [0.25, 0.3) is 0 Å². The lowest BCUT2D eigenvalue weighted by Crippen LogP contribution is -2.29. The first-order valence-corrected chi connectivity index (χ1v) is 7.69. The molecule has 0 aliphatic rings. The lowest BCUT2D eigenvalue weighted by atomic mass is 10.1. The summed E-state index contributed by atoms with van der Waals surface area (Å²) < 4.78 is 5.79. The fourth-order valence-corrected chi connectivity index (χ4v) is 2.52. The summed E-state index contributed by atoms with van der Waals surface area (Å²) in [6, 6.07) is 3.65. The van der Waals surface area contributed by atoms with E-state index in [0.29, 0.717) is 17.4 Å². The zero-order valence-corrected chi connectivity index (χ0v) is 13.9. The van der Waals surface area contributed by atoms with Gasteiger partial charge in [0, 0.05) is 11.6 Å². The predicted molar refractivity (Wildman–Crippen MR) is 87.8 cm³/mol. The van der Waals surface area contributed by atoms with Crippen LogP contribution in [0.1, 0.15) is 39.6 Å². The molecule has 6 heteroatoms. The van der Waals surface area contributed by atoms with Crippen LogP contribution >= 0.6 is 11.3 Å². The first-order valence-electron chi connectivity index (χ1n) is 6.81. The molecule has 0 aliphatic heterocycles. The van der Waals surface area contributed by atoms with Crippen molar-refractivity contribution in [1.29, 1.82) is 0 Å². The summed E-state index contributed by atoms with van der Waals surface area (Å²) in [5, 5.41) is 6.34. The molecule has 0 atom stereocenters. The van der Waals surface area contributed by atoms with Crippen molar-refractivity contribution in [3.63, 3.8) is 0 Å². The minimum atomic E-state index is -0.343. The highest BCUT2D eigenvalue weighted by Gasteiger charge is 2.24.